The molecule has 1 aliphatic rings. The normalized spacial score (nSPS) is 14.8. The molecule has 2 aromatic carbocycles. The zero-order valence-corrected chi connectivity index (χ0v) is 22.8. The molecule has 6 nitrogen and oxygen atoms in total. The van der Waals surface area contributed by atoms with E-state index in [1.54, 1.807) is 0 Å². The van der Waals surface area contributed by atoms with E-state index in [0.29, 0.717) is 25.5 Å². The van der Waals surface area contributed by atoms with E-state index >= 15 is 0 Å². The average molecular weight is 509 g/mol. The van der Waals surface area contributed by atoms with Gasteiger partial charge in [-0.15, -0.1) is 0 Å². The topological polar surface area (TPSA) is 67.9 Å². The van der Waals surface area contributed by atoms with E-state index in [0.717, 1.165) is 24.3 Å². The van der Waals surface area contributed by atoms with Gasteiger partial charge in [0.05, 0.1) is 13.0 Å². The van der Waals surface area contributed by atoms with Crippen LogP contribution in [0.1, 0.15) is 75.5 Å². The number of hydrogen-bond acceptors (Lipinski definition) is 5. The van der Waals surface area contributed by atoms with Crippen molar-refractivity contribution >= 4 is 11.9 Å². The number of amides is 1. The fourth-order valence-electron chi connectivity index (χ4n) is 4.68. The summed E-state index contributed by atoms with van der Waals surface area (Å²) in [4.78, 5) is 26.8. The molecule has 0 bridgehead atoms. The molecule has 1 heterocycles. The molecule has 1 amide bonds. The number of rotatable bonds is 14. The number of carbonyl (C=O) groups excluding carboxylic acids is 2. The standard InChI is InChI=1S/C31H44N2O4/c1-24(2)19-26-11-13-28(14-12-26)25(3)20-31(35)37-23-30(34)32-15-8-18-36-29-10-7-9-27(21-29)22-33-16-5-4-6-17-33/h7,9-14,21,24-25H,4-6,8,15-20,22-23H2,1-3H3,(H,32,34)/t25-/m1/s1. The van der Waals surface area contributed by atoms with Crippen LogP contribution in [0.25, 0.3) is 0 Å². The molecule has 37 heavy (non-hydrogen) atoms. The number of ether oxygens (including phenoxy) is 2. The first-order valence-corrected chi connectivity index (χ1v) is 13.8. The highest BCUT2D eigenvalue weighted by Crippen LogP contribution is 2.21. The molecular formula is C31H44N2O4. The van der Waals surface area contributed by atoms with Crippen LogP contribution in [-0.2, 0) is 27.3 Å². The van der Waals surface area contributed by atoms with E-state index in [2.05, 4.69) is 60.5 Å². The van der Waals surface area contributed by atoms with Crippen molar-refractivity contribution < 1.29 is 19.1 Å². The van der Waals surface area contributed by atoms with Crippen LogP contribution in [0, 0.1) is 5.92 Å². The summed E-state index contributed by atoms with van der Waals surface area (Å²) in [5.74, 6) is 0.866. The summed E-state index contributed by atoms with van der Waals surface area (Å²) in [5.41, 5.74) is 3.68. The molecule has 1 N–H and O–H groups in total. The minimum atomic E-state index is -0.360. The van der Waals surface area contributed by atoms with Crippen LogP contribution < -0.4 is 10.1 Å². The predicted octanol–water partition coefficient (Wildman–Crippen LogP) is 5.49. The Labute approximate surface area is 222 Å². The molecular weight excluding hydrogens is 464 g/mol. The number of esters is 1. The highest BCUT2D eigenvalue weighted by molar-refractivity contribution is 5.80. The molecule has 1 aliphatic heterocycles. The number of nitrogens with one attached hydrogen (secondary N) is 1. The van der Waals surface area contributed by atoms with Gasteiger partial charge in [0.2, 0.25) is 0 Å². The van der Waals surface area contributed by atoms with Gasteiger partial charge >= 0.3 is 5.97 Å². The van der Waals surface area contributed by atoms with E-state index in [9.17, 15) is 9.59 Å². The lowest BCUT2D eigenvalue weighted by molar-refractivity contribution is -0.148. The first-order valence-electron chi connectivity index (χ1n) is 13.8. The second-order valence-electron chi connectivity index (χ2n) is 10.6. The third-order valence-corrected chi connectivity index (χ3v) is 6.70. The van der Waals surface area contributed by atoms with Gasteiger partial charge in [0, 0.05) is 13.1 Å². The molecule has 2 aromatic rings. The second kappa shape index (κ2) is 15.4. The van der Waals surface area contributed by atoms with Crippen molar-refractivity contribution in [1.29, 1.82) is 0 Å². The first kappa shape index (κ1) is 28.7. The highest BCUT2D eigenvalue weighted by atomic mass is 16.5. The fraction of sp³-hybridized carbons (Fsp3) is 0.548. The summed E-state index contributed by atoms with van der Waals surface area (Å²) in [5, 5.41) is 2.79. The number of hydrogen-bond donors (Lipinski definition) is 1. The van der Waals surface area contributed by atoms with Crippen LogP contribution in [0.4, 0.5) is 0 Å². The highest BCUT2D eigenvalue weighted by Gasteiger charge is 2.14. The molecule has 1 fully saturated rings. The maximum atomic E-state index is 12.2. The Bertz CT molecular complexity index is 967. The molecule has 1 saturated heterocycles. The average Bonchev–Trinajstić information content (AvgIpc) is 2.88. The SMILES string of the molecule is CC(C)Cc1ccc([C@H](C)CC(=O)OCC(=O)NCCCOc2cccc(CN3CCCCC3)c2)cc1. The third-order valence-electron chi connectivity index (χ3n) is 6.70. The molecule has 0 saturated carbocycles. The summed E-state index contributed by atoms with van der Waals surface area (Å²) in [6.07, 6.45) is 5.89. The second-order valence-corrected chi connectivity index (χ2v) is 10.6. The van der Waals surface area contributed by atoms with Gasteiger partial charge in [0.1, 0.15) is 5.75 Å². The zero-order chi connectivity index (χ0) is 26.5. The van der Waals surface area contributed by atoms with Crippen LogP contribution in [-0.4, -0.2) is 49.6 Å². The molecule has 3 rings (SSSR count). The van der Waals surface area contributed by atoms with Gasteiger partial charge in [0.25, 0.3) is 5.91 Å². The van der Waals surface area contributed by atoms with Crippen molar-refractivity contribution in [2.24, 2.45) is 5.92 Å². The Balaban J connectivity index is 1.26. The maximum absolute atomic E-state index is 12.2. The van der Waals surface area contributed by atoms with E-state index in [4.69, 9.17) is 9.47 Å². The monoisotopic (exact) mass is 508 g/mol. The molecule has 202 valence electrons. The molecule has 6 heteroatoms. The molecule has 0 radical (unpaired) electrons. The number of carbonyl (C=O) groups is 2. The number of nitrogens with zero attached hydrogens (tertiary/aromatic N) is 1. The molecule has 1 atom stereocenters. The summed E-state index contributed by atoms with van der Waals surface area (Å²) in [6.45, 7) is 10.5. The van der Waals surface area contributed by atoms with Crippen LogP contribution in [0.2, 0.25) is 0 Å². The largest absolute Gasteiger partial charge is 0.494 e. The van der Waals surface area contributed by atoms with Gasteiger partial charge in [-0.05, 0) is 79.4 Å². The van der Waals surface area contributed by atoms with Crippen molar-refractivity contribution in [2.45, 2.75) is 71.8 Å². The number of benzene rings is 2. The summed E-state index contributed by atoms with van der Waals surface area (Å²) >= 11 is 0. The van der Waals surface area contributed by atoms with Gasteiger partial charge in [-0.2, -0.15) is 0 Å². The summed E-state index contributed by atoms with van der Waals surface area (Å²) in [7, 11) is 0. The van der Waals surface area contributed by atoms with E-state index in [1.165, 1.54) is 43.5 Å². The van der Waals surface area contributed by atoms with Crippen molar-refractivity contribution in [2.75, 3.05) is 32.8 Å². The Kier molecular flexibility index (Phi) is 12.0. The summed E-state index contributed by atoms with van der Waals surface area (Å²) in [6, 6.07) is 16.7. The molecule has 0 aromatic heterocycles. The maximum Gasteiger partial charge on any atom is 0.306 e. The Hall–Kier alpha value is -2.86. The lowest BCUT2D eigenvalue weighted by atomic mass is 9.95. The predicted molar refractivity (Wildman–Crippen MR) is 148 cm³/mol. The Morgan fingerprint density at radius 3 is 2.46 bits per heavy atom. The number of piperidine rings is 1. The van der Waals surface area contributed by atoms with Gasteiger partial charge in [-0.1, -0.05) is 63.6 Å². The first-order chi connectivity index (χ1) is 17.9. The quantitative estimate of drug-likeness (QED) is 0.270. The zero-order valence-electron chi connectivity index (χ0n) is 22.8. The van der Waals surface area contributed by atoms with E-state index in [-0.39, 0.29) is 30.8 Å². The minimum Gasteiger partial charge on any atom is -0.494 e. The van der Waals surface area contributed by atoms with Crippen LogP contribution in [0.3, 0.4) is 0 Å². The van der Waals surface area contributed by atoms with Crippen molar-refractivity contribution in [1.82, 2.24) is 10.2 Å². The van der Waals surface area contributed by atoms with Crippen molar-refractivity contribution in [3.63, 3.8) is 0 Å². The van der Waals surface area contributed by atoms with Gasteiger partial charge < -0.3 is 14.8 Å². The van der Waals surface area contributed by atoms with E-state index < -0.39 is 0 Å². The number of likely N-dealkylation sites (tertiary alicyclic amines) is 1. The van der Waals surface area contributed by atoms with Gasteiger partial charge in [0.15, 0.2) is 6.61 Å². The van der Waals surface area contributed by atoms with Crippen molar-refractivity contribution in [3.05, 3.63) is 65.2 Å². The van der Waals surface area contributed by atoms with Crippen molar-refractivity contribution in [3.8, 4) is 5.75 Å². The van der Waals surface area contributed by atoms with Crippen LogP contribution in [0.5, 0.6) is 5.75 Å². The van der Waals surface area contributed by atoms with Gasteiger partial charge in [-0.3, -0.25) is 14.5 Å². The Morgan fingerprint density at radius 1 is 0.973 bits per heavy atom. The molecule has 0 spiro atoms. The fourth-order valence-corrected chi connectivity index (χ4v) is 4.68. The lowest BCUT2D eigenvalue weighted by Crippen LogP contribution is -2.30. The lowest BCUT2D eigenvalue weighted by Gasteiger charge is -2.26. The van der Waals surface area contributed by atoms with Gasteiger partial charge in [-0.25, -0.2) is 0 Å². The smallest absolute Gasteiger partial charge is 0.306 e. The van der Waals surface area contributed by atoms with Crippen LogP contribution >= 0.6 is 0 Å². The third kappa shape index (κ3) is 11.0. The molecule has 0 aliphatic carbocycles. The van der Waals surface area contributed by atoms with E-state index in [1.807, 2.05) is 19.1 Å². The Morgan fingerprint density at radius 2 is 1.73 bits per heavy atom. The minimum absolute atomic E-state index is 0.0409. The molecule has 0 unspecified atom stereocenters. The summed E-state index contributed by atoms with van der Waals surface area (Å²) < 4.78 is 11.1. The van der Waals surface area contributed by atoms with Crippen LogP contribution in [0.15, 0.2) is 48.5 Å².